The second-order valence-corrected chi connectivity index (χ2v) is 9.86. The van der Waals surface area contributed by atoms with Crippen LogP contribution in [0, 0.1) is 5.41 Å². The molecule has 2 N–H and O–H groups in total. The number of alkyl halides is 10. The molecule has 2 atom stereocenters. The van der Waals surface area contributed by atoms with Gasteiger partial charge in [-0.1, -0.05) is 13.8 Å². The van der Waals surface area contributed by atoms with Crippen molar-refractivity contribution < 1.29 is 68.3 Å². The van der Waals surface area contributed by atoms with Crippen LogP contribution in [0.3, 0.4) is 0 Å². The van der Waals surface area contributed by atoms with Crippen LogP contribution in [-0.4, -0.2) is 70.4 Å². The lowest BCUT2D eigenvalue weighted by Gasteiger charge is -2.51. The Hall–Kier alpha value is -0.900. The minimum Gasteiger partial charge on any atom is -0.390 e. The predicted molar refractivity (Wildman–Crippen MR) is 107 cm³/mol. The maximum absolute atomic E-state index is 15.3. The van der Waals surface area contributed by atoms with Crippen LogP contribution in [0.2, 0.25) is 0 Å². The van der Waals surface area contributed by atoms with Gasteiger partial charge in [0.05, 0.1) is 11.0 Å². The molecule has 0 saturated heterocycles. The summed E-state index contributed by atoms with van der Waals surface area (Å²) in [6.07, 6.45) is -17.2. The van der Waals surface area contributed by atoms with Crippen molar-refractivity contribution in [2.75, 3.05) is 13.2 Å². The van der Waals surface area contributed by atoms with Crippen LogP contribution >= 0.6 is 0 Å². The van der Waals surface area contributed by atoms with Crippen molar-refractivity contribution in [3.8, 4) is 0 Å². The molecular formula is C21H34F10O5. The molecule has 0 spiro atoms. The van der Waals surface area contributed by atoms with Gasteiger partial charge in [0, 0.05) is 0 Å². The highest BCUT2D eigenvalue weighted by molar-refractivity contribution is 5.03. The van der Waals surface area contributed by atoms with E-state index < -0.39 is 78.4 Å². The van der Waals surface area contributed by atoms with Gasteiger partial charge in [0.1, 0.15) is 24.4 Å². The summed E-state index contributed by atoms with van der Waals surface area (Å²) in [6, 6.07) is 0. The summed E-state index contributed by atoms with van der Waals surface area (Å²) in [5, 5.41) is 17.4. The molecule has 0 radical (unpaired) electrons. The van der Waals surface area contributed by atoms with Crippen LogP contribution in [0.4, 0.5) is 43.9 Å². The fourth-order valence-electron chi connectivity index (χ4n) is 3.21. The Morgan fingerprint density at radius 1 is 0.556 bits per heavy atom. The largest absolute Gasteiger partial charge is 0.422 e. The third kappa shape index (κ3) is 6.21. The van der Waals surface area contributed by atoms with E-state index in [9.17, 15) is 35.1 Å². The number of aliphatic hydroxyl groups is 2. The first-order valence-electron chi connectivity index (χ1n) is 10.8. The Morgan fingerprint density at radius 3 is 1.31 bits per heavy atom. The van der Waals surface area contributed by atoms with E-state index >= 15 is 8.78 Å². The van der Waals surface area contributed by atoms with Crippen molar-refractivity contribution >= 4 is 0 Å². The molecule has 15 heteroatoms. The highest BCUT2D eigenvalue weighted by atomic mass is 19.3. The summed E-state index contributed by atoms with van der Waals surface area (Å²) in [4.78, 5) is 0. The first kappa shape index (κ1) is 35.1. The normalized spacial score (nSPS) is 18.7. The topological polar surface area (TPSA) is 68.2 Å². The van der Waals surface area contributed by atoms with E-state index in [-0.39, 0.29) is 6.92 Å². The van der Waals surface area contributed by atoms with Crippen LogP contribution in [0.25, 0.3) is 0 Å². The molecular weight excluding hydrogens is 522 g/mol. The Bertz CT molecular complexity index is 745. The van der Waals surface area contributed by atoms with Crippen LogP contribution in [0.15, 0.2) is 0 Å². The van der Waals surface area contributed by atoms with Crippen molar-refractivity contribution in [3.05, 3.63) is 0 Å². The monoisotopic (exact) mass is 556 g/mol. The zero-order valence-corrected chi connectivity index (χ0v) is 21.2. The summed E-state index contributed by atoms with van der Waals surface area (Å²) in [6.45, 7) is 0.592. The van der Waals surface area contributed by atoms with Gasteiger partial charge in [-0.2, -0.15) is 35.1 Å². The van der Waals surface area contributed by atoms with Gasteiger partial charge < -0.3 is 24.4 Å². The molecule has 0 saturated carbocycles. The maximum atomic E-state index is 15.3. The summed E-state index contributed by atoms with van der Waals surface area (Å²) < 4.78 is 157. The lowest BCUT2D eigenvalue weighted by Crippen LogP contribution is -2.66. The van der Waals surface area contributed by atoms with E-state index in [4.69, 9.17) is 10.2 Å². The smallest absolute Gasteiger partial charge is 0.390 e. The highest BCUT2D eigenvalue weighted by Gasteiger charge is 2.74. The Balaban J connectivity index is 6.49. The number of ether oxygens (including phenoxy) is 3. The molecule has 0 aliphatic heterocycles. The van der Waals surface area contributed by atoms with E-state index in [2.05, 4.69) is 14.2 Å². The molecule has 0 aromatic rings. The highest BCUT2D eigenvalue weighted by Crippen LogP contribution is 2.57. The number of hydrogen-bond acceptors (Lipinski definition) is 5. The van der Waals surface area contributed by atoms with Gasteiger partial charge in [0.15, 0.2) is 0 Å². The van der Waals surface area contributed by atoms with E-state index in [1.807, 2.05) is 0 Å². The molecule has 0 bridgehead atoms. The fourth-order valence-corrected chi connectivity index (χ4v) is 3.21. The number of aliphatic hydroxyl groups excluding tert-OH is 2. The van der Waals surface area contributed by atoms with Gasteiger partial charge in [0.25, 0.3) is 5.92 Å². The molecule has 2 unspecified atom stereocenters. The number of halogens is 10. The summed E-state index contributed by atoms with van der Waals surface area (Å²) in [5.74, 6) is -9.82. The summed E-state index contributed by atoms with van der Waals surface area (Å²) >= 11 is 0. The SMILES string of the molecule is CCC(C)(OC(F)(F)CO)C(F)(F)C(F)(F)OC(C)(C)C(C)(CC)C(F)(F)OC(C)(C)C(F)(F)CO. The summed E-state index contributed by atoms with van der Waals surface area (Å²) in [5.41, 5.74) is -12.7. The van der Waals surface area contributed by atoms with E-state index in [0.717, 1.165) is 13.8 Å². The quantitative estimate of drug-likeness (QED) is 0.235. The lowest BCUT2D eigenvalue weighted by molar-refractivity contribution is -0.461. The molecule has 0 aromatic heterocycles. The van der Waals surface area contributed by atoms with Gasteiger partial charge in [-0.15, -0.1) is 0 Å². The second kappa shape index (κ2) is 10.3. The molecule has 36 heavy (non-hydrogen) atoms. The molecule has 0 fully saturated rings. The fraction of sp³-hybridized carbons (Fsp3) is 1.00. The minimum atomic E-state index is -5.73. The minimum absolute atomic E-state index is 0.192. The molecule has 0 aliphatic rings. The maximum Gasteiger partial charge on any atom is 0.422 e. The molecule has 0 aromatic carbocycles. The van der Waals surface area contributed by atoms with Gasteiger partial charge in [-0.05, 0) is 54.4 Å². The van der Waals surface area contributed by atoms with Gasteiger partial charge in [0.2, 0.25) is 0 Å². The molecule has 218 valence electrons. The Labute approximate surface area is 203 Å². The first-order chi connectivity index (χ1) is 15.6. The lowest BCUT2D eigenvalue weighted by atomic mass is 9.71. The number of hydrogen-bond donors (Lipinski definition) is 2. The van der Waals surface area contributed by atoms with E-state index in [1.54, 1.807) is 0 Å². The third-order valence-corrected chi connectivity index (χ3v) is 6.79. The van der Waals surface area contributed by atoms with Crippen molar-refractivity contribution in [1.29, 1.82) is 0 Å². The molecule has 0 amide bonds. The number of rotatable bonds is 15. The van der Waals surface area contributed by atoms with Crippen molar-refractivity contribution in [1.82, 2.24) is 0 Å². The van der Waals surface area contributed by atoms with Crippen molar-refractivity contribution in [2.24, 2.45) is 5.41 Å². The molecule has 0 heterocycles. The zero-order chi connectivity index (χ0) is 29.4. The third-order valence-electron chi connectivity index (χ3n) is 6.79. The molecule has 0 rings (SSSR count). The standard InChI is InChI=1S/C21H34F10O5/c1-9-15(7,20(28,29)35-14(5,6)17(22,23)11-32)13(3,4)34-21(30,31)19(26,27)16(8,10-2)36-18(24,25)12-33/h32-33H,9-12H2,1-8H3. The van der Waals surface area contributed by atoms with Crippen LogP contribution in [0.5, 0.6) is 0 Å². The Kier molecular flexibility index (Phi) is 10.1. The summed E-state index contributed by atoms with van der Waals surface area (Å²) in [7, 11) is 0. The van der Waals surface area contributed by atoms with Crippen molar-refractivity contribution in [2.45, 2.75) is 115 Å². The van der Waals surface area contributed by atoms with Crippen LogP contribution in [0.1, 0.15) is 68.2 Å². The zero-order valence-electron chi connectivity index (χ0n) is 21.2. The molecule has 5 nitrogen and oxygen atoms in total. The van der Waals surface area contributed by atoms with Crippen LogP contribution < -0.4 is 0 Å². The van der Waals surface area contributed by atoms with Crippen molar-refractivity contribution in [3.63, 3.8) is 0 Å². The van der Waals surface area contributed by atoms with E-state index in [0.29, 0.717) is 34.6 Å². The second-order valence-electron chi connectivity index (χ2n) is 9.86. The average molecular weight is 556 g/mol. The predicted octanol–water partition coefficient (Wildman–Crippen LogP) is 6.21. The van der Waals surface area contributed by atoms with Gasteiger partial charge in [-0.25, -0.2) is 8.78 Å². The first-order valence-corrected chi connectivity index (χ1v) is 10.8. The average Bonchev–Trinajstić information content (AvgIpc) is 2.70. The Morgan fingerprint density at radius 2 is 0.972 bits per heavy atom. The molecule has 0 aliphatic carbocycles. The van der Waals surface area contributed by atoms with Crippen LogP contribution in [-0.2, 0) is 14.2 Å². The van der Waals surface area contributed by atoms with Gasteiger partial charge in [-0.3, -0.25) is 0 Å². The van der Waals surface area contributed by atoms with Gasteiger partial charge >= 0.3 is 24.2 Å². The van der Waals surface area contributed by atoms with E-state index in [1.165, 1.54) is 0 Å².